The Morgan fingerprint density at radius 1 is 1.20 bits per heavy atom. The number of rotatable bonds is 3. The average Bonchev–Trinajstić information content (AvgIpc) is 2.76. The minimum Gasteiger partial charge on any atom is -0.388 e. The molecule has 0 fully saturated rings. The van der Waals surface area contributed by atoms with E-state index in [-0.39, 0.29) is 0 Å². The molecular formula is C15H15N3OS. The smallest absolute Gasteiger partial charge is 0.0960 e. The number of hydrogen-bond donors (Lipinski definition) is 1. The molecule has 1 unspecified atom stereocenters. The third-order valence-electron chi connectivity index (χ3n) is 3.33. The largest absolute Gasteiger partial charge is 0.388 e. The van der Waals surface area contributed by atoms with Gasteiger partial charge in [0, 0.05) is 29.3 Å². The molecule has 4 nitrogen and oxygen atoms in total. The van der Waals surface area contributed by atoms with Gasteiger partial charge in [0.05, 0.1) is 27.8 Å². The Balaban J connectivity index is 1.94. The van der Waals surface area contributed by atoms with E-state index in [1.165, 1.54) is 4.88 Å². The zero-order valence-corrected chi connectivity index (χ0v) is 12.2. The Morgan fingerprint density at radius 2 is 2.00 bits per heavy atom. The van der Waals surface area contributed by atoms with Gasteiger partial charge in [-0.15, -0.1) is 11.3 Å². The molecule has 0 spiro atoms. The van der Waals surface area contributed by atoms with Crippen LogP contribution >= 0.6 is 11.3 Å². The monoisotopic (exact) mass is 285 g/mol. The molecule has 20 heavy (non-hydrogen) atoms. The van der Waals surface area contributed by atoms with Gasteiger partial charge in [-0.2, -0.15) is 0 Å². The fraction of sp³-hybridized carbons (Fsp3) is 0.267. The molecule has 2 aromatic heterocycles. The Labute approximate surface area is 121 Å². The summed E-state index contributed by atoms with van der Waals surface area (Å²) in [6.07, 6.45) is 3.21. The van der Waals surface area contributed by atoms with Crippen molar-refractivity contribution >= 4 is 22.4 Å². The molecule has 0 aliphatic rings. The van der Waals surface area contributed by atoms with E-state index >= 15 is 0 Å². The van der Waals surface area contributed by atoms with Gasteiger partial charge in [-0.1, -0.05) is 12.1 Å². The summed E-state index contributed by atoms with van der Waals surface area (Å²) < 4.78 is 0. The van der Waals surface area contributed by atoms with Crippen LogP contribution < -0.4 is 0 Å². The number of fused-ring (bicyclic) bond motifs is 1. The van der Waals surface area contributed by atoms with Crippen molar-refractivity contribution in [3.05, 3.63) is 51.7 Å². The first-order chi connectivity index (χ1) is 9.65. The molecule has 0 aliphatic heterocycles. The van der Waals surface area contributed by atoms with E-state index in [2.05, 4.69) is 15.0 Å². The fourth-order valence-corrected chi connectivity index (χ4v) is 3.16. The summed E-state index contributed by atoms with van der Waals surface area (Å²) in [4.78, 5) is 14.3. The molecule has 0 aliphatic carbocycles. The summed E-state index contributed by atoms with van der Waals surface area (Å²) >= 11 is 1.64. The van der Waals surface area contributed by atoms with Gasteiger partial charge in [0.1, 0.15) is 0 Å². The number of aryl methyl sites for hydroxylation is 2. The molecular weight excluding hydrogens is 270 g/mol. The quantitative estimate of drug-likeness (QED) is 0.803. The molecule has 0 saturated heterocycles. The van der Waals surface area contributed by atoms with Gasteiger partial charge in [0.2, 0.25) is 0 Å². The lowest BCUT2D eigenvalue weighted by Gasteiger charge is -2.11. The summed E-state index contributed by atoms with van der Waals surface area (Å²) in [5.41, 5.74) is 3.40. The van der Waals surface area contributed by atoms with Gasteiger partial charge in [-0.3, -0.25) is 9.97 Å². The van der Waals surface area contributed by atoms with E-state index in [1.807, 2.05) is 32.0 Å². The molecule has 102 valence electrons. The lowest BCUT2D eigenvalue weighted by molar-refractivity contribution is 0.179. The Morgan fingerprint density at radius 3 is 2.75 bits per heavy atom. The van der Waals surface area contributed by atoms with Crippen molar-refractivity contribution in [3.63, 3.8) is 0 Å². The van der Waals surface area contributed by atoms with Crippen LogP contribution in [0.2, 0.25) is 0 Å². The van der Waals surface area contributed by atoms with Gasteiger partial charge in [0.15, 0.2) is 0 Å². The molecule has 1 atom stereocenters. The third kappa shape index (κ3) is 2.42. The third-order valence-corrected chi connectivity index (χ3v) is 4.42. The number of hydrogen-bond acceptors (Lipinski definition) is 5. The number of nitrogens with zero attached hydrogens (tertiary/aromatic N) is 3. The number of aliphatic hydroxyl groups excluding tert-OH is 1. The minimum atomic E-state index is -0.611. The number of benzene rings is 1. The normalized spacial score (nSPS) is 12.8. The highest BCUT2D eigenvalue weighted by Crippen LogP contribution is 2.26. The second-order valence-electron chi connectivity index (χ2n) is 4.74. The predicted octanol–water partition coefficient (Wildman–Crippen LogP) is 2.98. The van der Waals surface area contributed by atoms with Crippen molar-refractivity contribution in [1.29, 1.82) is 0 Å². The second-order valence-corrected chi connectivity index (χ2v) is 6.03. The van der Waals surface area contributed by atoms with Gasteiger partial charge in [-0.25, -0.2) is 4.98 Å². The summed E-state index contributed by atoms with van der Waals surface area (Å²) in [5, 5.41) is 11.4. The van der Waals surface area contributed by atoms with Crippen LogP contribution in [0.15, 0.2) is 30.6 Å². The van der Waals surface area contributed by atoms with Crippen molar-refractivity contribution in [2.75, 3.05) is 0 Å². The van der Waals surface area contributed by atoms with E-state index in [0.717, 1.165) is 27.3 Å². The molecule has 3 rings (SSSR count). The molecule has 5 heteroatoms. The first-order valence-corrected chi connectivity index (χ1v) is 7.27. The second kappa shape index (κ2) is 5.26. The topological polar surface area (TPSA) is 58.9 Å². The maximum atomic E-state index is 10.5. The van der Waals surface area contributed by atoms with Crippen LogP contribution in [0, 0.1) is 13.8 Å². The van der Waals surface area contributed by atoms with Gasteiger partial charge in [0.25, 0.3) is 0 Å². The summed E-state index contributed by atoms with van der Waals surface area (Å²) in [6, 6.07) is 5.69. The van der Waals surface area contributed by atoms with Gasteiger partial charge < -0.3 is 5.11 Å². The molecule has 1 N–H and O–H groups in total. The summed E-state index contributed by atoms with van der Waals surface area (Å²) in [6.45, 7) is 4.04. The van der Waals surface area contributed by atoms with Crippen molar-refractivity contribution in [1.82, 2.24) is 15.0 Å². The van der Waals surface area contributed by atoms with Gasteiger partial charge >= 0.3 is 0 Å². The lowest BCUT2D eigenvalue weighted by Crippen LogP contribution is -2.03. The van der Waals surface area contributed by atoms with E-state index in [9.17, 15) is 5.11 Å². The van der Waals surface area contributed by atoms with Crippen molar-refractivity contribution in [2.45, 2.75) is 26.4 Å². The number of aliphatic hydroxyl groups is 1. The Bertz CT molecular complexity index is 729. The number of aromatic nitrogens is 3. The molecule has 1 aromatic carbocycles. The van der Waals surface area contributed by atoms with Crippen molar-refractivity contribution in [2.24, 2.45) is 0 Å². The summed E-state index contributed by atoms with van der Waals surface area (Å²) in [5.74, 6) is 0. The highest BCUT2D eigenvalue weighted by Gasteiger charge is 2.15. The summed E-state index contributed by atoms with van der Waals surface area (Å²) in [7, 11) is 0. The van der Waals surface area contributed by atoms with Crippen molar-refractivity contribution in [3.8, 4) is 0 Å². The Hall–Kier alpha value is -1.85. The SMILES string of the molecule is Cc1nc(CC(O)c2cccc3nccnc23)sc1C. The van der Waals surface area contributed by atoms with E-state index in [4.69, 9.17) is 0 Å². The van der Waals surface area contributed by atoms with Gasteiger partial charge in [-0.05, 0) is 19.9 Å². The molecule has 0 radical (unpaired) electrons. The first-order valence-electron chi connectivity index (χ1n) is 6.46. The molecule has 2 heterocycles. The molecule has 0 amide bonds. The maximum Gasteiger partial charge on any atom is 0.0960 e. The van der Waals surface area contributed by atoms with Crippen LogP contribution in [0.3, 0.4) is 0 Å². The standard InChI is InChI=1S/C15H15N3OS/c1-9-10(2)20-14(18-9)8-13(19)11-4-3-5-12-15(11)17-7-6-16-12/h3-7,13,19H,8H2,1-2H3. The van der Waals surface area contributed by atoms with Crippen LogP contribution in [-0.2, 0) is 6.42 Å². The van der Waals surface area contributed by atoms with E-state index in [0.29, 0.717) is 6.42 Å². The van der Waals surface area contributed by atoms with Crippen LogP contribution in [-0.4, -0.2) is 20.1 Å². The zero-order chi connectivity index (χ0) is 14.1. The van der Waals surface area contributed by atoms with E-state index < -0.39 is 6.10 Å². The molecule has 0 saturated carbocycles. The number of para-hydroxylation sites is 1. The van der Waals surface area contributed by atoms with Crippen LogP contribution in [0.5, 0.6) is 0 Å². The van der Waals surface area contributed by atoms with Crippen LogP contribution in [0.1, 0.15) is 27.2 Å². The molecule has 0 bridgehead atoms. The predicted molar refractivity (Wildman–Crippen MR) is 79.8 cm³/mol. The minimum absolute atomic E-state index is 0.509. The number of thiazole rings is 1. The zero-order valence-electron chi connectivity index (χ0n) is 11.4. The average molecular weight is 285 g/mol. The van der Waals surface area contributed by atoms with Crippen LogP contribution in [0.25, 0.3) is 11.0 Å². The maximum absolute atomic E-state index is 10.5. The van der Waals surface area contributed by atoms with E-state index in [1.54, 1.807) is 23.7 Å². The highest BCUT2D eigenvalue weighted by atomic mass is 32.1. The highest BCUT2D eigenvalue weighted by molar-refractivity contribution is 7.11. The lowest BCUT2D eigenvalue weighted by atomic mass is 10.0. The molecule has 3 aromatic rings. The fourth-order valence-electron chi connectivity index (χ4n) is 2.19. The Kier molecular flexibility index (Phi) is 3.46. The van der Waals surface area contributed by atoms with Crippen molar-refractivity contribution < 1.29 is 5.11 Å². The first kappa shape index (κ1) is 13.1. The van der Waals surface area contributed by atoms with Crippen LogP contribution in [0.4, 0.5) is 0 Å².